The van der Waals surface area contributed by atoms with Crippen LogP contribution >= 0.6 is 15.9 Å². The summed E-state index contributed by atoms with van der Waals surface area (Å²) in [6, 6.07) is 5.02. The molecule has 0 aliphatic carbocycles. The van der Waals surface area contributed by atoms with E-state index in [0.717, 1.165) is 0 Å². The lowest BCUT2D eigenvalue weighted by Gasteiger charge is -2.19. The molecule has 16 heavy (non-hydrogen) atoms. The SMILES string of the molecule is CC(O)CN(C)C(=O)c1ccc(N)c(Br)c1. The van der Waals surface area contributed by atoms with E-state index in [-0.39, 0.29) is 5.91 Å². The van der Waals surface area contributed by atoms with Gasteiger partial charge in [-0.2, -0.15) is 0 Å². The van der Waals surface area contributed by atoms with Gasteiger partial charge in [-0.1, -0.05) is 0 Å². The van der Waals surface area contributed by atoms with Crippen LogP contribution in [0.4, 0.5) is 5.69 Å². The van der Waals surface area contributed by atoms with Crippen molar-refractivity contribution in [3.8, 4) is 0 Å². The first-order valence-electron chi connectivity index (χ1n) is 4.90. The zero-order valence-corrected chi connectivity index (χ0v) is 10.9. The van der Waals surface area contributed by atoms with Crippen molar-refractivity contribution < 1.29 is 9.90 Å². The summed E-state index contributed by atoms with van der Waals surface area (Å²) in [5, 5.41) is 9.19. The molecule has 0 radical (unpaired) electrons. The van der Waals surface area contributed by atoms with Crippen LogP contribution < -0.4 is 5.73 Å². The number of hydrogen-bond acceptors (Lipinski definition) is 3. The molecule has 0 saturated heterocycles. The molecule has 0 fully saturated rings. The van der Waals surface area contributed by atoms with Crippen molar-refractivity contribution in [1.29, 1.82) is 0 Å². The maximum Gasteiger partial charge on any atom is 0.253 e. The number of amides is 1. The van der Waals surface area contributed by atoms with Crippen molar-refractivity contribution in [2.24, 2.45) is 0 Å². The normalized spacial score (nSPS) is 12.2. The Balaban J connectivity index is 2.84. The van der Waals surface area contributed by atoms with E-state index in [2.05, 4.69) is 15.9 Å². The Kier molecular flexibility index (Phi) is 4.32. The summed E-state index contributed by atoms with van der Waals surface area (Å²) in [5.41, 5.74) is 6.77. The first-order valence-corrected chi connectivity index (χ1v) is 5.69. The topological polar surface area (TPSA) is 66.6 Å². The van der Waals surface area contributed by atoms with Crippen molar-refractivity contribution in [3.05, 3.63) is 28.2 Å². The predicted molar refractivity (Wildman–Crippen MR) is 67.2 cm³/mol. The van der Waals surface area contributed by atoms with Crippen molar-refractivity contribution in [1.82, 2.24) is 4.90 Å². The number of carbonyl (C=O) groups excluding carboxylic acids is 1. The number of aliphatic hydroxyl groups is 1. The molecule has 1 rings (SSSR count). The van der Waals surface area contributed by atoms with Crippen LogP contribution in [0.5, 0.6) is 0 Å². The second-order valence-electron chi connectivity index (χ2n) is 3.77. The van der Waals surface area contributed by atoms with Crippen molar-refractivity contribution in [2.45, 2.75) is 13.0 Å². The highest BCUT2D eigenvalue weighted by Gasteiger charge is 2.13. The quantitative estimate of drug-likeness (QED) is 0.828. The fourth-order valence-corrected chi connectivity index (χ4v) is 1.74. The molecule has 0 aliphatic heterocycles. The van der Waals surface area contributed by atoms with Crippen LogP contribution in [0, 0.1) is 0 Å². The molecule has 1 amide bonds. The third-order valence-electron chi connectivity index (χ3n) is 2.13. The minimum atomic E-state index is -0.536. The molecule has 0 aromatic heterocycles. The molecule has 0 bridgehead atoms. The number of anilines is 1. The van der Waals surface area contributed by atoms with Gasteiger partial charge >= 0.3 is 0 Å². The van der Waals surface area contributed by atoms with Crippen LogP contribution in [0.25, 0.3) is 0 Å². The smallest absolute Gasteiger partial charge is 0.253 e. The van der Waals surface area contributed by atoms with Crippen molar-refractivity contribution in [2.75, 3.05) is 19.3 Å². The van der Waals surface area contributed by atoms with Gasteiger partial charge in [0.15, 0.2) is 0 Å². The largest absolute Gasteiger partial charge is 0.398 e. The summed E-state index contributed by atoms with van der Waals surface area (Å²) in [6.07, 6.45) is -0.536. The number of benzene rings is 1. The summed E-state index contributed by atoms with van der Waals surface area (Å²) in [7, 11) is 1.65. The number of nitrogen functional groups attached to an aromatic ring is 1. The summed E-state index contributed by atoms with van der Waals surface area (Å²) >= 11 is 3.27. The molecular formula is C11H15BrN2O2. The molecule has 0 spiro atoms. The fourth-order valence-electron chi connectivity index (χ4n) is 1.36. The average molecular weight is 287 g/mol. The van der Waals surface area contributed by atoms with E-state index in [0.29, 0.717) is 22.3 Å². The van der Waals surface area contributed by atoms with Crippen LogP contribution in [-0.4, -0.2) is 35.6 Å². The molecular weight excluding hydrogens is 272 g/mol. The monoisotopic (exact) mass is 286 g/mol. The maximum absolute atomic E-state index is 11.9. The van der Waals surface area contributed by atoms with Crippen molar-refractivity contribution in [3.63, 3.8) is 0 Å². The lowest BCUT2D eigenvalue weighted by Crippen LogP contribution is -2.33. The number of hydrogen-bond donors (Lipinski definition) is 2. The highest BCUT2D eigenvalue weighted by molar-refractivity contribution is 9.10. The van der Waals surface area contributed by atoms with E-state index in [1.807, 2.05) is 0 Å². The predicted octanol–water partition coefficient (Wildman–Crippen LogP) is 1.48. The summed E-state index contributed by atoms with van der Waals surface area (Å²) in [4.78, 5) is 13.4. The van der Waals surface area contributed by atoms with E-state index < -0.39 is 6.10 Å². The Morgan fingerprint density at radius 2 is 2.25 bits per heavy atom. The Labute approximate surface area is 103 Å². The molecule has 0 heterocycles. The summed E-state index contributed by atoms with van der Waals surface area (Å²) in [6.45, 7) is 1.95. The van der Waals surface area contributed by atoms with Gasteiger partial charge in [-0.25, -0.2) is 0 Å². The van der Waals surface area contributed by atoms with E-state index >= 15 is 0 Å². The first-order chi connectivity index (χ1) is 7.41. The van der Waals surface area contributed by atoms with Crippen LogP contribution in [0.1, 0.15) is 17.3 Å². The number of rotatable bonds is 3. The molecule has 0 saturated carbocycles. The third-order valence-corrected chi connectivity index (χ3v) is 2.82. The highest BCUT2D eigenvalue weighted by atomic mass is 79.9. The van der Waals surface area contributed by atoms with Gasteiger partial charge in [0.05, 0.1) is 6.10 Å². The van der Waals surface area contributed by atoms with Gasteiger partial charge < -0.3 is 15.7 Å². The number of likely N-dealkylation sites (N-methyl/N-ethyl adjacent to an activating group) is 1. The zero-order valence-electron chi connectivity index (χ0n) is 9.27. The minimum absolute atomic E-state index is 0.137. The average Bonchev–Trinajstić information content (AvgIpc) is 2.20. The van der Waals surface area contributed by atoms with Gasteiger partial charge in [-0.15, -0.1) is 0 Å². The second kappa shape index (κ2) is 5.32. The molecule has 0 aliphatic rings. The summed E-state index contributed by atoms with van der Waals surface area (Å²) in [5.74, 6) is -0.137. The molecule has 1 atom stereocenters. The van der Waals surface area contributed by atoms with Crippen LogP contribution in [0.3, 0.4) is 0 Å². The standard InChI is InChI=1S/C11H15BrN2O2/c1-7(15)6-14(2)11(16)8-3-4-10(13)9(12)5-8/h3-5,7,15H,6,13H2,1-2H3. The number of aliphatic hydroxyl groups excluding tert-OH is 1. The lowest BCUT2D eigenvalue weighted by atomic mass is 10.2. The molecule has 4 nitrogen and oxygen atoms in total. The van der Waals surface area contributed by atoms with E-state index in [4.69, 9.17) is 5.73 Å². The van der Waals surface area contributed by atoms with Gasteiger partial charge in [-0.05, 0) is 41.1 Å². The highest BCUT2D eigenvalue weighted by Crippen LogP contribution is 2.21. The van der Waals surface area contributed by atoms with Crippen LogP contribution in [0.2, 0.25) is 0 Å². The van der Waals surface area contributed by atoms with Gasteiger partial charge in [0, 0.05) is 29.3 Å². The van der Waals surface area contributed by atoms with Crippen molar-refractivity contribution >= 4 is 27.5 Å². The maximum atomic E-state index is 11.9. The van der Waals surface area contributed by atoms with Crippen LogP contribution in [-0.2, 0) is 0 Å². The zero-order chi connectivity index (χ0) is 12.3. The minimum Gasteiger partial charge on any atom is -0.398 e. The Hall–Kier alpha value is -1.07. The molecule has 1 aromatic carbocycles. The first kappa shape index (κ1) is 13.0. The Morgan fingerprint density at radius 3 is 2.75 bits per heavy atom. The molecule has 1 aromatic rings. The molecule has 1 unspecified atom stereocenters. The van der Waals surface area contributed by atoms with E-state index in [1.165, 1.54) is 4.90 Å². The van der Waals surface area contributed by atoms with Gasteiger partial charge in [0.25, 0.3) is 5.91 Å². The number of halogens is 1. The lowest BCUT2D eigenvalue weighted by molar-refractivity contribution is 0.0703. The van der Waals surface area contributed by atoms with Gasteiger partial charge in [-0.3, -0.25) is 4.79 Å². The number of nitrogens with zero attached hydrogens (tertiary/aromatic N) is 1. The third kappa shape index (κ3) is 3.21. The number of nitrogens with two attached hydrogens (primary N) is 1. The Bertz CT molecular complexity index is 394. The van der Waals surface area contributed by atoms with E-state index in [9.17, 15) is 9.90 Å². The van der Waals surface area contributed by atoms with Crippen LogP contribution in [0.15, 0.2) is 22.7 Å². The molecule has 3 N–H and O–H groups in total. The van der Waals surface area contributed by atoms with Gasteiger partial charge in [0.1, 0.15) is 0 Å². The number of carbonyl (C=O) groups is 1. The van der Waals surface area contributed by atoms with E-state index in [1.54, 1.807) is 32.2 Å². The Morgan fingerprint density at radius 1 is 1.62 bits per heavy atom. The molecule has 88 valence electrons. The van der Waals surface area contributed by atoms with Gasteiger partial charge in [0.2, 0.25) is 0 Å². The molecule has 5 heteroatoms. The second-order valence-corrected chi connectivity index (χ2v) is 4.63. The summed E-state index contributed by atoms with van der Waals surface area (Å²) < 4.78 is 0.698. The fraction of sp³-hybridized carbons (Fsp3) is 0.364.